The summed E-state index contributed by atoms with van der Waals surface area (Å²) in [6.45, 7) is 9.24. The Kier molecular flexibility index (Phi) is 3.45. The third kappa shape index (κ3) is 1.96. The van der Waals surface area contributed by atoms with Crippen LogP contribution in [0.5, 0.6) is 0 Å². The van der Waals surface area contributed by atoms with Crippen molar-refractivity contribution in [1.29, 1.82) is 0 Å². The summed E-state index contributed by atoms with van der Waals surface area (Å²) >= 11 is 0. The molecule has 1 amide bonds. The van der Waals surface area contributed by atoms with E-state index in [2.05, 4.69) is 62.9 Å². The number of fused-ring (bicyclic) bond motifs is 4. The van der Waals surface area contributed by atoms with Gasteiger partial charge in [-0.15, -0.1) is 0 Å². The summed E-state index contributed by atoms with van der Waals surface area (Å²) in [6, 6.07) is 10.7. The fourth-order valence-corrected chi connectivity index (χ4v) is 6.70. The molecule has 0 bridgehead atoms. The molecule has 140 valence electrons. The van der Waals surface area contributed by atoms with Crippen LogP contribution in [0.1, 0.15) is 64.9 Å². The van der Waals surface area contributed by atoms with Crippen LogP contribution in [0.2, 0.25) is 0 Å². The summed E-state index contributed by atoms with van der Waals surface area (Å²) in [5.74, 6) is 2.07. The smallest absolute Gasteiger partial charge is 0.228 e. The first-order valence-corrected chi connectivity index (χ1v) is 10.4. The predicted octanol–water partition coefficient (Wildman–Crippen LogP) is 4.58. The number of hydrogen-bond donors (Lipinski definition) is 0. The van der Waals surface area contributed by atoms with Crippen molar-refractivity contribution in [3.63, 3.8) is 0 Å². The van der Waals surface area contributed by atoms with Crippen molar-refractivity contribution in [2.75, 3.05) is 0 Å². The molecular weight excluding hydrogens is 322 g/mol. The van der Waals surface area contributed by atoms with Gasteiger partial charge in [0.1, 0.15) is 6.23 Å². The molecule has 3 heteroatoms. The van der Waals surface area contributed by atoms with Crippen LogP contribution in [-0.4, -0.2) is 28.7 Å². The summed E-state index contributed by atoms with van der Waals surface area (Å²) < 4.78 is 6.78. The lowest BCUT2D eigenvalue weighted by Gasteiger charge is -2.59. The van der Waals surface area contributed by atoms with Crippen LogP contribution in [0.15, 0.2) is 30.3 Å². The lowest BCUT2D eigenvalue weighted by Crippen LogP contribution is -2.66. The van der Waals surface area contributed by atoms with E-state index in [0.29, 0.717) is 23.8 Å². The Balaban J connectivity index is 1.54. The maximum Gasteiger partial charge on any atom is 0.228 e. The SMILES string of the molecule is C[C@@H]1CC[C@@H]2[C@@H](C1)O[C@@H]1N(C(=O)[C@H]3C[C@@H](c4ccccc4)[C@@]31C)C2(C)C. The zero-order valence-electron chi connectivity index (χ0n) is 16.4. The molecule has 4 aliphatic rings. The molecule has 2 aliphatic carbocycles. The van der Waals surface area contributed by atoms with Gasteiger partial charge in [0.05, 0.1) is 6.10 Å². The van der Waals surface area contributed by atoms with Gasteiger partial charge in [0, 0.05) is 22.8 Å². The van der Waals surface area contributed by atoms with E-state index >= 15 is 0 Å². The minimum Gasteiger partial charge on any atom is -0.354 e. The fourth-order valence-electron chi connectivity index (χ4n) is 6.70. The number of nitrogens with zero attached hydrogens (tertiary/aromatic N) is 1. The zero-order chi connectivity index (χ0) is 18.3. The average Bonchev–Trinajstić information content (AvgIpc) is 2.75. The number of amides is 1. The van der Waals surface area contributed by atoms with Crippen LogP contribution in [0.4, 0.5) is 0 Å². The van der Waals surface area contributed by atoms with Crippen molar-refractivity contribution in [2.45, 2.75) is 77.2 Å². The molecule has 2 saturated carbocycles. The molecular formula is C23H31NO2. The molecule has 5 rings (SSSR count). The maximum absolute atomic E-state index is 13.4. The molecule has 3 nitrogen and oxygen atoms in total. The van der Waals surface area contributed by atoms with Crippen molar-refractivity contribution in [2.24, 2.45) is 23.2 Å². The number of ether oxygens (including phenoxy) is 1. The largest absolute Gasteiger partial charge is 0.354 e. The van der Waals surface area contributed by atoms with Crippen molar-refractivity contribution in [1.82, 2.24) is 4.90 Å². The maximum atomic E-state index is 13.4. The topological polar surface area (TPSA) is 29.5 Å². The summed E-state index contributed by atoms with van der Waals surface area (Å²) in [6.07, 6.45) is 4.78. The second-order valence-electron chi connectivity index (χ2n) is 10.0. The molecule has 7 atom stereocenters. The molecule has 0 unspecified atom stereocenters. The number of carbonyl (C=O) groups excluding carboxylic acids is 1. The van der Waals surface area contributed by atoms with Gasteiger partial charge in [0.15, 0.2) is 0 Å². The standard InChI is InChI=1S/C23H31NO2/c1-14-10-11-16-19(12-14)26-21-23(4)17(15-8-6-5-7-9-15)13-18(23)20(25)24(21)22(16,2)3/h5-9,14,16-19,21H,10-13H2,1-4H3/t14-,16-,17+,18-,19-,21+,23+/m1/s1. The minimum absolute atomic E-state index is 0.0690. The van der Waals surface area contributed by atoms with E-state index < -0.39 is 0 Å². The summed E-state index contributed by atoms with van der Waals surface area (Å²) in [5.41, 5.74) is 1.16. The first kappa shape index (κ1) is 16.8. The molecule has 4 fully saturated rings. The molecule has 0 aromatic heterocycles. The molecule has 0 spiro atoms. The van der Waals surface area contributed by atoms with Crippen molar-refractivity contribution in [3.8, 4) is 0 Å². The summed E-state index contributed by atoms with van der Waals surface area (Å²) in [7, 11) is 0. The zero-order valence-corrected chi connectivity index (χ0v) is 16.4. The van der Waals surface area contributed by atoms with Gasteiger partial charge in [-0.25, -0.2) is 0 Å². The minimum atomic E-state index is -0.105. The number of rotatable bonds is 1. The monoisotopic (exact) mass is 353 g/mol. The molecule has 0 N–H and O–H groups in total. The molecule has 1 aromatic carbocycles. The Hall–Kier alpha value is -1.35. The van der Waals surface area contributed by atoms with Gasteiger partial charge < -0.3 is 9.64 Å². The third-order valence-electron chi connectivity index (χ3n) is 8.36. The van der Waals surface area contributed by atoms with E-state index in [-0.39, 0.29) is 23.1 Å². The van der Waals surface area contributed by atoms with E-state index in [1.165, 1.54) is 18.4 Å². The Morgan fingerprint density at radius 2 is 1.77 bits per heavy atom. The quantitative estimate of drug-likeness (QED) is 0.740. The van der Waals surface area contributed by atoms with E-state index in [4.69, 9.17) is 4.74 Å². The van der Waals surface area contributed by atoms with Crippen LogP contribution in [0.3, 0.4) is 0 Å². The Morgan fingerprint density at radius 1 is 1.04 bits per heavy atom. The molecule has 2 heterocycles. The van der Waals surface area contributed by atoms with Crippen molar-refractivity contribution in [3.05, 3.63) is 35.9 Å². The first-order valence-electron chi connectivity index (χ1n) is 10.4. The summed E-state index contributed by atoms with van der Waals surface area (Å²) in [5, 5.41) is 0. The highest BCUT2D eigenvalue weighted by atomic mass is 16.5. The Morgan fingerprint density at radius 3 is 2.50 bits per heavy atom. The van der Waals surface area contributed by atoms with Gasteiger partial charge in [-0.1, -0.05) is 50.6 Å². The van der Waals surface area contributed by atoms with E-state index in [9.17, 15) is 4.79 Å². The number of hydrogen-bond acceptors (Lipinski definition) is 2. The molecule has 1 aromatic rings. The normalized spacial score (nSPS) is 46.2. The molecule has 26 heavy (non-hydrogen) atoms. The Labute approximate surface area is 157 Å². The van der Waals surface area contributed by atoms with Gasteiger partial charge in [-0.2, -0.15) is 0 Å². The van der Waals surface area contributed by atoms with Gasteiger partial charge in [-0.05, 0) is 50.5 Å². The van der Waals surface area contributed by atoms with Crippen molar-refractivity contribution < 1.29 is 9.53 Å². The predicted molar refractivity (Wildman–Crippen MR) is 101 cm³/mol. The van der Waals surface area contributed by atoms with E-state index in [1.54, 1.807) is 0 Å². The van der Waals surface area contributed by atoms with Crippen LogP contribution in [-0.2, 0) is 9.53 Å². The van der Waals surface area contributed by atoms with Gasteiger partial charge in [-0.3, -0.25) is 4.79 Å². The molecule has 2 aliphatic heterocycles. The van der Waals surface area contributed by atoms with Crippen LogP contribution >= 0.6 is 0 Å². The second-order valence-corrected chi connectivity index (χ2v) is 10.0. The second kappa shape index (κ2) is 5.34. The van der Waals surface area contributed by atoms with Gasteiger partial charge in [0.2, 0.25) is 5.91 Å². The van der Waals surface area contributed by atoms with Crippen LogP contribution in [0, 0.1) is 23.2 Å². The number of benzene rings is 1. The van der Waals surface area contributed by atoms with Gasteiger partial charge >= 0.3 is 0 Å². The fraction of sp³-hybridized carbons (Fsp3) is 0.696. The molecule has 2 saturated heterocycles. The van der Waals surface area contributed by atoms with E-state index in [0.717, 1.165) is 18.8 Å². The highest BCUT2D eigenvalue weighted by molar-refractivity contribution is 5.85. The summed E-state index contributed by atoms with van der Waals surface area (Å²) in [4.78, 5) is 15.5. The van der Waals surface area contributed by atoms with E-state index in [1.807, 2.05) is 0 Å². The average molecular weight is 354 g/mol. The number of carbonyl (C=O) groups is 1. The molecule has 0 radical (unpaired) electrons. The van der Waals surface area contributed by atoms with Gasteiger partial charge in [0.25, 0.3) is 0 Å². The first-order chi connectivity index (χ1) is 12.3. The lowest BCUT2D eigenvalue weighted by atomic mass is 9.52. The van der Waals surface area contributed by atoms with Crippen molar-refractivity contribution >= 4 is 5.91 Å². The third-order valence-corrected chi connectivity index (χ3v) is 8.36. The Bertz CT molecular complexity index is 729. The van der Waals surface area contributed by atoms with Crippen LogP contribution in [0.25, 0.3) is 0 Å². The lowest BCUT2D eigenvalue weighted by molar-refractivity contribution is -0.251. The van der Waals surface area contributed by atoms with Crippen LogP contribution < -0.4 is 0 Å². The highest BCUT2D eigenvalue weighted by Gasteiger charge is 2.72. The highest BCUT2D eigenvalue weighted by Crippen LogP contribution is 2.67.